The van der Waals surface area contributed by atoms with Crippen LogP contribution in [-0.4, -0.2) is 4.57 Å². The molecular formula is C55H38N2O. The maximum Gasteiger partial charge on any atom is 0.135 e. The van der Waals surface area contributed by atoms with Gasteiger partial charge in [0.15, 0.2) is 0 Å². The molecule has 0 aliphatic carbocycles. The van der Waals surface area contributed by atoms with E-state index in [0.717, 1.165) is 44.6 Å². The molecule has 0 saturated heterocycles. The molecule has 0 atom stereocenters. The molecule has 0 amide bonds. The molecule has 9 aromatic carbocycles. The largest absolute Gasteiger partial charge is 0.456 e. The lowest BCUT2D eigenvalue weighted by Gasteiger charge is -2.26. The van der Waals surface area contributed by atoms with Crippen LogP contribution in [0.15, 0.2) is 217 Å². The molecule has 3 heteroatoms. The zero-order chi connectivity index (χ0) is 38.6. The lowest BCUT2D eigenvalue weighted by Crippen LogP contribution is -2.09. The maximum atomic E-state index is 6.09. The van der Waals surface area contributed by atoms with E-state index < -0.39 is 0 Å². The molecule has 3 nitrogen and oxygen atoms in total. The van der Waals surface area contributed by atoms with Crippen LogP contribution in [0.1, 0.15) is 5.56 Å². The van der Waals surface area contributed by atoms with Gasteiger partial charge < -0.3 is 13.9 Å². The van der Waals surface area contributed by atoms with Gasteiger partial charge in [0.2, 0.25) is 0 Å². The van der Waals surface area contributed by atoms with Crippen LogP contribution in [0.4, 0.5) is 17.1 Å². The Kier molecular flexibility index (Phi) is 8.04. The first-order chi connectivity index (χ1) is 28.6. The number of aryl methyl sites for hydroxylation is 1. The van der Waals surface area contributed by atoms with Gasteiger partial charge in [-0.2, -0.15) is 0 Å². The molecule has 0 spiro atoms. The van der Waals surface area contributed by atoms with E-state index in [-0.39, 0.29) is 0 Å². The summed E-state index contributed by atoms with van der Waals surface area (Å²) in [6, 6.07) is 76.4. The van der Waals surface area contributed by atoms with Crippen molar-refractivity contribution >= 4 is 60.8 Å². The summed E-state index contributed by atoms with van der Waals surface area (Å²) in [6.07, 6.45) is 0. The first-order valence-corrected chi connectivity index (χ1v) is 19.8. The van der Waals surface area contributed by atoms with Gasteiger partial charge >= 0.3 is 0 Å². The Balaban J connectivity index is 0.890. The fraction of sp³-hybridized carbons (Fsp3) is 0.0182. The summed E-state index contributed by atoms with van der Waals surface area (Å²) >= 11 is 0. The Hall–Kier alpha value is -7.62. The molecule has 11 aromatic rings. The molecule has 0 saturated carbocycles. The predicted molar refractivity (Wildman–Crippen MR) is 244 cm³/mol. The third-order valence-corrected chi connectivity index (χ3v) is 11.5. The molecule has 11 rings (SSSR count). The summed E-state index contributed by atoms with van der Waals surface area (Å²) in [6.45, 7) is 2.13. The van der Waals surface area contributed by atoms with Gasteiger partial charge in [0, 0.05) is 44.3 Å². The first kappa shape index (κ1) is 33.7. The summed E-state index contributed by atoms with van der Waals surface area (Å²) < 4.78 is 8.45. The number of nitrogens with zero attached hydrogens (tertiary/aromatic N) is 2. The van der Waals surface area contributed by atoms with Crippen molar-refractivity contribution in [1.29, 1.82) is 0 Å². The lowest BCUT2D eigenvalue weighted by molar-refractivity contribution is 0.669. The number of fused-ring (bicyclic) bond motifs is 6. The van der Waals surface area contributed by atoms with Crippen molar-refractivity contribution in [3.8, 4) is 39.1 Å². The van der Waals surface area contributed by atoms with Crippen molar-refractivity contribution < 1.29 is 4.42 Å². The maximum absolute atomic E-state index is 6.09. The number of benzene rings is 9. The molecule has 0 radical (unpaired) electrons. The Labute approximate surface area is 337 Å². The van der Waals surface area contributed by atoms with E-state index in [1.54, 1.807) is 0 Å². The fourth-order valence-electron chi connectivity index (χ4n) is 8.52. The molecule has 2 heterocycles. The van der Waals surface area contributed by atoms with Crippen LogP contribution in [-0.2, 0) is 0 Å². The second kappa shape index (κ2) is 13.8. The number of anilines is 3. The van der Waals surface area contributed by atoms with Crippen LogP contribution in [0.2, 0.25) is 0 Å². The van der Waals surface area contributed by atoms with Gasteiger partial charge in [-0.15, -0.1) is 0 Å². The zero-order valence-corrected chi connectivity index (χ0v) is 32.0. The highest BCUT2D eigenvalue weighted by molar-refractivity contribution is 6.10. The summed E-state index contributed by atoms with van der Waals surface area (Å²) in [7, 11) is 0. The zero-order valence-electron chi connectivity index (χ0n) is 32.0. The average Bonchev–Trinajstić information content (AvgIpc) is 3.83. The molecule has 2 aromatic heterocycles. The van der Waals surface area contributed by atoms with Crippen molar-refractivity contribution in [3.05, 3.63) is 218 Å². The minimum Gasteiger partial charge on any atom is -0.456 e. The minimum atomic E-state index is 0.910. The van der Waals surface area contributed by atoms with Gasteiger partial charge in [-0.1, -0.05) is 133 Å². The number of furan rings is 1. The monoisotopic (exact) mass is 742 g/mol. The number of para-hydroxylation sites is 3. The molecular weight excluding hydrogens is 705 g/mol. The standard InChI is InChI=1S/C55H38N2O/c1-37-15-27-45(28-16-37)56(47-31-23-41(24-32-47)43-26-34-55-51(36-43)49-12-6-8-14-54(49)58-55)46-29-21-39(22-30-46)38-17-19-40(20-18-38)42-25-33-53-50(35-42)48-11-5-7-13-52(48)57(53)44-9-3-2-4-10-44/h2-36H,1H3. The second-order valence-corrected chi connectivity index (χ2v) is 15.1. The van der Waals surface area contributed by atoms with Crippen LogP contribution in [0.5, 0.6) is 0 Å². The lowest BCUT2D eigenvalue weighted by atomic mass is 9.98. The highest BCUT2D eigenvalue weighted by Gasteiger charge is 2.16. The Morgan fingerprint density at radius 1 is 0.345 bits per heavy atom. The van der Waals surface area contributed by atoms with Crippen LogP contribution in [0, 0.1) is 6.92 Å². The van der Waals surface area contributed by atoms with E-state index in [4.69, 9.17) is 4.42 Å². The number of aromatic nitrogens is 1. The SMILES string of the molecule is Cc1ccc(N(c2ccc(-c3ccc(-c4ccc5c(c4)c4ccccc4n5-c4ccccc4)cc3)cc2)c2ccc(-c3ccc4oc5ccccc5c4c3)cc2)cc1. The van der Waals surface area contributed by atoms with Crippen LogP contribution in [0.3, 0.4) is 0 Å². The summed E-state index contributed by atoms with van der Waals surface area (Å²) in [5, 5.41) is 4.80. The number of hydrogen-bond acceptors (Lipinski definition) is 2. The van der Waals surface area contributed by atoms with Gasteiger partial charge in [-0.3, -0.25) is 0 Å². The quantitative estimate of drug-likeness (QED) is 0.162. The van der Waals surface area contributed by atoms with Crippen molar-refractivity contribution in [3.63, 3.8) is 0 Å². The predicted octanol–water partition coefficient (Wildman–Crippen LogP) is 15.5. The Morgan fingerprint density at radius 3 is 1.45 bits per heavy atom. The molecule has 0 bridgehead atoms. The van der Waals surface area contributed by atoms with Crippen molar-refractivity contribution in [2.75, 3.05) is 4.90 Å². The fourth-order valence-corrected chi connectivity index (χ4v) is 8.52. The van der Waals surface area contributed by atoms with Crippen molar-refractivity contribution in [1.82, 2.24) is 4.57 Å². The van der Waals surface area contributed by atoms with Crippen molar-refractivity contribution in [2.24, 2.45) is 0 Å². The van der Waals surface area contributed by atoms with Gasteiger partial charge in [0.25, 0.3) is 0 Å². The Bertz CT molecular complexity index is 3250. The van der Waals surface area contributed by atoms with Gasteiger partial charge in [0.05, 0.1) is 11.0 Å². The molecule has 0 N–H and O–H groups in total. The van der Waals surface area contributed by atoms with Gasteiger partial charge in [-0.25, -0.2) is 0 Å². The van der Waals surface area contributed by atoms with Gasteiger partial charge in [0.1, 0.15) is 11.2 Å². The molecule has 274 valence electrons. The molecule has 0 aliphatic rings. The first-order valence-electron chi connectivity index (χ1n) is 19.8. The van der Waals surface area contributed by atoms with E-state index >= 15 is 0 Å². The van der Waals surface area contributed by atoms with E-state index in [9.17, 15) is 0 Å². The van der Waals surface area contributed by atoms with E-state index in [0.29, 0.717) is 0 Å². The van der Waals surface area contributed by atoms with Gasteiger partial charge in [-0.05, 0) is 125 Å². The van der Waals surface area contributed by atoms with Crippen LogP contribution in [0.25, 0.3) is 82.8 Å². The summed E-state index contributed by atoms with van der Waals surface area (Å²) in [5.41, 5.74) is 17.1. The molecule has 0 fully saturated rings. The topological polar surface area (TPSA) is 21.3 Å². The third-order valence-electron chi connectivity index (χ3n) is 11.5. The minimum absolute atomic E-state index is 0.910. The Morgan fingerprint density at radius 2 is 0.793 bits per heavy atom. The van der Waals surface area contributed by atoms with E-state index in [2.05, 4.69) is 217 Å². The third kappa shape index (κ3) is 5.84. The van der Waals surface area contributed by atoms with Crippen molar-refractivity contribution in [2.45, 2.75) is 6.92 Å². The molecule has 0 unspecified atom stereocenters. The summed E-state index contributed by atoms with van der Waals surface area (Å²) in [5.74, 6) is 0. The van der Waals surface area contributed by atoms with E-state index in [1.165, 1.54) is 60.9 Å². The average molecular weight is 743 g/mol. The highest BCUT2D eigenvalue weighted by atomic mass is 16.3. The molecule has 58 heavy (non-hydrogen) atoms. The van der Waals surface area contributed by atoms with E-state index in [1.807, 2.05) is 12.1 Å². The highest BCUT2D eigenvalue weighted by Crippen LogP contribution is 2.39. The normalized spacial score (nSPS) is 11.5. The second-order valence-electron chi connectivity index (χ2n) is 15.1. The number of hydrogen-bond donors (Lipinski definition) is 0. The van der Waals surface area contributed by atoms with Crippen LogP contribution >= 0.6 is 0 Å². The van der Waals surface area contributed by atoms with Crippen LogP contribution < -0.4 is 4.90 Å². The number of rotatable bonds is 7. The summed E-state index contributed by atoms with van der Waals surface area (Å²) in [4.78, 5) is 2.33. The molecule has 0 aliphatic heterocycles. The smallest absolute Gasteiger partial charge is 0.135 e.